The first-order valence-electron chi connectivity index (χ1n) is 7.11. The standard InChI is InChI=1S/C14H31N3O.HI/c1-6-7-10-17(5)14(15-4)16-9-12-18-11-8-13(2)3;/h13H,6-12H2,1-5H3,(H,15,16);1H. The minimum Gasteiger partial charge on any atom is -0.380 e. The summed E-state index contributed by atoms with van der Waals surface area (Å²) >= 11 is 0. The van der Waals surface area contributed by atoms with E-state index in [2.05, 4.69) is 43.0 Å². The monoisotopic (exact) mass is 385 g/mol. The van der Waals surface area contributed by atoms with E-state index >= 15 is 0 Å². The van der Waals surface area contributed by atoms with Gasteiger partial charge in [0.2, 0.25) is 0 Å². The average Bonchev–Trinajstić information content (AvgIpc) is 2.34. The molecule has 4 nitrogen and oxygen atoms in total. The van der Waals surface area contributed by atoms with Crippen molar-refractivity contribution in [3.63, 3.8) is 0 Å². The first-order chi connectivity index (χ1) is 8.61. The Morgan fingerprint density at radius 3 is 2.53 bits per heavy atom. The SMILES string of the molecule is CCCCN(C)C(=NC)NCCOCCC(C)C.I. The van der Waals surface area contributed by atoms with E-state index in [1.807, 2.05) is 7.05 Å². The van der Waals surface area contributed by atoms with Gasteiger partial charge in [-0.2, -0.15) is 0 Å². The number of guanidine groups is 1. The molecular formula is C14H32IN3O. The number of hydrogen-bond acceptors (Lipinski definition) is 2. The molecule has 1 N–H and O–H groups in total. The number of nitrogens with one attached hydrogen (secondary N) is 1. The van der Waals surface area contributed by atoms with Crippen LogP contribution in [0, 0.1) is 5.92 Å². The van der Waals surface area contributed by atoms with Gasteiger partial charge in [-0.05, 0) is 18.8 Å². The molecule has 0 atom stereocenters. The van der Waals surface area contributed by atoms with Gasteiger partial charge in [0.15, 0.2) is 5.96 Å². The van der Waals surface area contributed by atoms with E-state index in [4.69, 9.17) is 4.74 Å². The number of halogens is 1. The molecular weight excluding hydrogens is 353 g/mol. The summed E-state index contributed by atoms with van der Waals surface area (Å²) in [6.45, 7) is 10.1. The number of unbranched alkanes of at least 4 members (excludes halogenated alkanes) is 1. The summed E-state index contributed by atoms with van der Waals surface area (Å²) in [5.41, 5.74) is 0. The highest BCUT2D eigenvalue weighted by Gasteiger charge is 2.03. The van der Waals surface area contributed by atoms with Gasteiger partial charge < -0.3 is 15.0 Å². The Hall–Kier alpha value is -0.0400. The molecule has 0 saturated carbocycles. The van der Waals surface area contributed by atoms with Gasteiger partial charge in [-0.25, -0.2) is 0 Å². The van der Waals surface area contributed by atoms with Crippen LogP contribution in [0.15, 0.2) is 4.99 Å². The van der Waals surface area contributed by atoms with Crippen LogP contribution in [0.3, 0.4) is 0 Å². The highest BCUT2D eigenvalue weighted by Crippen LogP contribution is 1.98. The summed E-state index contributed by atoms with van der Waals surface area (Å²) in [5.74, 6) is 1.67. The number of ether oxygens (including phenoxy) is 1. The van der Waals surface area contributed by atoms with Gasteiger partial charge in [-0.1, -0.05) is 27.2 Å². The summed E-state index contributed by atoms with van der Waals surface area (Å²) in [6.07, 6.45) is 3.53. The van der Waals surface area contributed by atoms with E-state index in [0.29, 0.717) is 5.92 Å². The second-order valence-corrected chi connectivity index (χ2v) is 5.04. The summed E-state index contributed by atoms with van der Waals surface area (Å²) in [7, 11) is 3.90. The Kier molecular flexibility index (Phi) is 16.1. The zero-order valence-corrected chi connectivity index (χ0v) is 15.6. The van der Waals surface area contributed by atoms with Crippen LogP contribution in [0.1, 0.15) is 40.0 Å². The predicted octanol–water partition coefficient (Wildman–Crippen LogP) is 2.97. The lowest BCUT2D eigenvalue weighted by Gasteiger charge is -2.21. The zero-order valence-electron chi connectivity index (χ0n) is 13.2. The van der Waals surface area contributed by atoms with Crippen LogP contribution in [-0.4, -0.2) is 51.3 Å². The molecule has 0 rings (SSSR count). The molecule has 0 amide bonds. The van der Waals surface area contributed by atoms with Crippen LogP contribution >= 0.6 is 24.0 Å². The molecule has 0 fully saturated rings. The topological polar surface area (TPSA) is 36.9 Å². The lowest BCUT2D eigenvalue weighted by molar-refractivity contribution is 0.127. The Bertz CT molecular complexity index is 223. The smallest absolute Gasteiger partial charge is 0.193 e. The van der Waals surface area contributed by atoms with Crippen molar-refractivity contribution in [2.45, 2.75) is 40.0 Å². The zero-order chi connectivity index (χ0) is 13.8. The molecule has 0 aliphatic heterocycles. The Balaban J connectivity index is 0. The second kappa shape index (κ2) is 14.4. The minimum absolute atomic E-state index is 0. The summed E-state index contributed by atoms with van der Waals surface area (Å²) in [4.78, 5) is 6.43. The van der Waals surface area contributed by atoms with Crippen molar-refractivity contribution in [3.05, 3.63) is 0 Å². The van der Waals surface area contributed by atoms with Gasteiger partial charge in [0, 0.05) is 33.8 Å². The molecule has 0 aromatic rings. The molecule has 5 heteroatoms. The van der Waals surface area contributed by atoms with Crippen molar-refractivity contribution >= 4 is 29.9 Å². The van der Waals surface area contributed by atoms with Crippen LogP contribution in [0.25, 0.3) is 0 Å². The van der Waals surface area contributed by atoms with E-state index in [1.54, 1.807) is 0 Å². The molecule has 0 aliphatic carbocycles. The molecule has 0 radical (unpaired) electrons. The van der Waals surface area contributed by atoms with Crippen molar-refractivity contribution < 1.29 is 4.74 Å². The van der Waals surface area contributed by atoms with Crippen LogP contribution < -0.4 is 5.32 Å². The normalized spacial score (nSPS) is 11.4. The second-order valence-electron chi connectivity index (χ2n) is 5.04. The molecule has 0 aromatic carbocycles. The van der Waals surface area contributed by atoms with Gasteiger partial charge in [-0.3, -0.25) is 4.99 Å². The number of nitrogens with zero attached hydrogens (tertiary/aromatic N) is 2. The molecule has 19 heavy (non-hydrogen) atoms. The van der Waals surface area contributed by atoms with Gasteiger partial charge in [0.25, 0.3) is 0 Å². The third kappa shape index (κ3) is 12.7. The highest BCUT2D eigenvalue weighted by atomic mass is 127. The minimum atomic E-state index is 0. The largest absolute Gasteiger partial charge is 0.380 e. The predicted molar refractivity (Wildman–Crippen MR) is 94.6 cm³/mol. The molecule has 0 aliphatic rings. The van der Waals surface area contributed by atoms with Gasteiger partial charge in [-0.15, -0.1) is 24.0 Å². The third-order valence-corrected chi connectivity index (χ3v) is 2.79. The van der Waals surface area contributed by atoms with Crippen molar-refractivity contribution in [1.82, 2.24) is 10.2 Å². The van der Waals surface area contributed by atoms with Gasteiger partial charge >= 0.3 is 0 Å². The fourth-order valence-electron chi connectivity index (χ4n) is 1.54. The van der Waals surface area contributed by atoms with Gasteiger partial charge in [0.1, 0.15) is 0 Å². The molecule has 0 unspecified atom stereocenters. The maximum Gasteiger partial charge on any atom is 0.193 e. The number of hydrogen-bond donors (Lipinski definition) is 1. The van der Waals surface area contributed by atoms with Crippen molar-refractivity contribution in [3.8, 4) is 0 Å². The Morgan fingerprint density at radius 1 is 1.32 bits per heavy atom. The van der Waals surface area contributed by atoms with Crippen LogP contribution in [0.2, 0.25) is 0 Å². The molecule has 0 saturated heterocycles. The molecule has 0 aromatic heterocycles. The number of aliphatic imine (C=N–C) groups is 1. The maximum atomic E-state index is 5.56. The Morgan fingerprint density at radius 2 is 2.00 bits per heavy atom. The third-order valence-electron chi connectivity index (χ3n) is 2.79. The van der Waals surface area contributed by atoms with Crippen molar-refractivity contribution in [2.75, 3.05) is 40.4 Å². The summed E-state index contributed by atoms with van der Waals surface area (Å²) in [5, 5.41) is 3.32. The lowest BCUT2D eigenvalue weighted by Crippen LogP contribution is -2.40. The summed E-state index contributed by atoms with van der Waals surface area (Å²) in [6, 6.07) is 0. The quantitative estimate of drug-likeness (QED) is 0.287. The van der Waals surface area contributed by atoms with Gasteiger partial charge in [0.05, 0.1) is 6.61 Å². The first-order valence-corrected chi connectivity index (χ1v) is 7.11. The van der Waals surface area contributed by atoms with Crippen LogP contribution in [0.5, 0.6) is 0 Å². The molecule has 0 spiro atoms. The fourth-order valence-corrected chi connectivity index (χ4v) is 1.54. The summed E-state index contributed by atoms with van der Waals surface area (Å²) < 4.78 is 5.56. The van der Waals surface area contributed by atoms with E-state index in [0.717, 1.165) is 38.7 Å². The van der Waals surface area contributed by atoms with Crippen LogP contribution in [0.4, 0.5) is 0 Å². The molecule has 0 heterocycles. The molecule has 0 bridgehead atoms. The molecule has 116 valence electrons. The first kappa shape index (κ1) is 21.3. The lowest BCUT2D eigenvalue weighted by atomic mass is 10.1. The van der Waals surface area contributed by atoms with E-state index in [9.17, 15) is 0 Å². The van der Waals surface area contributed by atoms with E-state index in [-0.39, 0.29) is 24.0 Å². The highest BCUT2D eigenvalue weighted by molar-refractivity contribution is 14.0. The fraction of sp³-hybridized carbons (Fsp3) is 0.929. The Labute approximate surface area is 136 Å². The average molecular weight is 385 g/mol. The maximum absolute atomic E-state index is 5.56. The van der Waals surface area contributed by atoms with Crippen LogP contribution in [-0.2, 0) is 4.74 Å². The van der Waals surface area contributed by atoms with Crippen molar-refractivity contribution in [1.29, 1.82) is 0 Å². The van der Waals surface area contributed by atoms with E-state index in [1.165, 1.54) is 12.8 Å². The van der Waals surface area contributed by atoms with Crippen molar-refractivity contribution in [2.24, 2.45) is 10.9 Å². The van der Waals surface area contributed by atoms with E-state index < -0.39 is 0 Å². The number of rotatable bonds is 9.